The van der Waals surface area contributed by atoms with Gasteiger partial charge in [0, 0.05) is 31.0 Å². The number of carbonyl (C=O) groups is 2. The van der Waals surface area contributed by atoms with Gasteiger partial charge in [-0.15, -0.1) is 0 Å². The van der Waals surface area contributed by atoms with Crippen molar-refractivity contribution in [3.8, 4) is 0 Å². The predicted molar refractivity (Wildman–Crippen MR) is 103 cm³/mol. The molecular formula is C21H21N3O2. The second kappa shape index (κ2) is 8.25. The van der Waals surface area contributed by atoms with Crippen LogP contribution in [0.1, 0.15) is 18.5 Å². The van der Waals surface area contributed by atoms with E-state index >= 15 is 0 Å². The molecule has 0 bridgehead atoms. The maximum Gasteiger partial charge on any atom is 0.224 e. The average Bonchev–Trinajstić information content (AvgIpc) is 2.66. The molecule has 132 valence electrons. The first-order valence-electron chi connectivity index (χ1n) is 8.55. The van der Waals surface area contributed by atoms with Crippen molar-refractivity contribution in [3.05, 3.63) is 72.4 Å². The van der Waals surface area contributed by atoms with Crippen LogP contribution in [0.15, 0.2) is 66.7 Å². The molecule has 26 heavy (non-hydrogen) atoms. The molecule has 0 saturated carbocycles. The predicted octanol–water partition coefficient (Wildman–Crippen LogP) is 3.61. The van der Waals surface area contributed by atoms with E-state index < -0.39 is 0 Å². The Kier molecular flexibility index (Phi) is 5.59. The second-order valence-corrected chi connectivity index (χ2v) is 6.16. The van der Waals surface area contributed by atoms with Gasteiger partial charge in [-0.25, -0.2) is 0 Å². The molecule has 0 aliphatic heterocycles. The van der Waals surface area contributed by atoms with Gasteiger partial charge in [-0.05, 0) is 24.3 Å². The zero-order chi connectivity index (χ0) is 18.4. The SMILES string of the molecule is CN(Cc1ccc2ccccc2n1)C(=O)CCC(=O)Nc1ccccc1. The number of hydrogen-bond donors (Lipinski definition) is 1. The van der Waals surface area contributed by atoms with E-state index in [-0.39, 0.29) is 24.7 Å². The van der Waals surface area contributed by atoms with Crippen molar-refractivity contribution >= 4 is 28.4 Å². The standard InChI is InChI=1S/C21H21N3O2/c1-24(15-18-12-11-16-7-5-6-10-19(16)22-18)21(26)14-13-20(25)23-17-8-3-2-4-9-17/h2-12H,13-15H2,1H3,(H,23,25). The summed E-state index contributed by atoms with van der Waals surface area (Å²) in [6.07, 6.45) is 0.325. The van der Waals surface area contributed by atoms with Gasteiger partial charge in [-0.3, -0.25) is 14.6 Å². The number of nitrogens with one attached hydrogen (secondary N) is 1. The molecule has 2 aromatic carbocycles. The fraction of sp³-hybridized carbons (Fsp3) is 0.190. The Bertz CT molecular complexity index is 909. The van der Waals surface area contributed by atoms with Crippen LogP contribution in [0.3, 0.4) is 0 Å². The highest BCUT2D eigenvalue weighted by atomic mass is 16.2. The van der Waals surface area contributed by atoms with Crippen LogP contribution in [0.5, 0.6) is 0 Å². The topological polar surface area (TPSA) is 62.3 Å². The lowest BCUT2D eigenvalue weighted by atomic mass is 10.2. The number of anilines is 1. The van der Waals surface area contributed by atoms with Crippen LogP contribution in [-0.4, -0.2) is 28.7 Å². The van der Waals surface area contributed by atoms with Crippen molar-refractivity contribution in [2.75, 3.05) is 12.4 Å². The van der Waals surface area contributed by atoms with Gasteiger partial charge in [-0.1, -0.05) is 42.5 Å². The number of pyridine rings is 1. The molecule has 1 heterocycles. The summed E-state index contributed by atoms with van der Waals surface area (Å²) in [6, 6.07) is 21.0. The van der Waals surface area contributed by atoms with E-state index in [4.69, 9.17) is 0 Å². The van der Waals surface area contributed by atoms with E-state index in [9.17, 15) is 9.59 Å². The largest absolute Gasteiger partial charge is 0.340 e. The lowest BCUT2D eigenvalue weighted by Gasteiger charge is -2.17. The number of nitrogens with zero attached hydrogens (tertiary/aromatic N) is 2. The quantitative estimate of drug-likeness (QED) is 0.741. The first-order valence-corrected chi connectivity index (χ1v) is 8.55. The summed E-state index contributed by atoms with van der Waals surface area (Å²) < 4.78 is 0. The summed E-state index contributed by atoms with van der Waals surface area (Å²) >= 11 is 0. The normalized spacial score (nSPS) is 10.5. The van der Waals surface area contributed by atoms with Crippen molar-refractivity contribution in [2.24, 2.45) is 0 Å². The molecule has 0 unspecified atom stereocenters. The number of aromatic nitrogens is 1. The Labute approximate surface area is 152 Å². The van der Waals surface area contributed by atoms with Crippen molar-refractivity contribution in [2.45, 2.75) is 19.4 Å². The third-order valence-electron chi connectivity index (χ3n) is 4.10. The number of benzene rings is 2. The maximum atomic E-state index is 12.3. The number of amides is 2. The number of carbonyl (C=O) groups excluding carboxylic acids is 2. The smallest absolute Gasteiger partial charge is 0.224 e. The first kappa shape index (κ1) is 17.6. The maximum absolute atomic E-state index is 12.3. The van der Waals surface area contributed by atoms with Crippen LogP contribution < -0.4 is 5.32 Å². The summed E-state index contributed by atoms with van der Waals surface area (Å²) in [5.41, 5.74) is 2.47. The lowest BCUT2D eigenvalue weighted by Crippen LogP contribution is -2.27. The van der Waals surface area contributed by atoms with Crippen molar-refractivity contribution in [1.82, 2.24) is 9.88 Å². The zero-order valence-corrected chi connectivity index (χ0v) is 14.7. The van der Waals surface area contributed by atoms with Crippen LogP contribution >= 0.6 is 0 Å². The molecule has 3 aromatic rings. The summed E-state index contributed by atoms with van der Waals surface area (Å²) in [6.45, 7) is 0.421. The van der Waals surface area contributed by atoms with Gasteiger partial charge in [0.25, 0.3) is 0 Å². The fourth-order valence-electron chi connectivity index (χ4n) is 2.68. The van der Waals surface area contributed by atoms with E-state index in [1.807, 2.05) is 66.7 Å². The monoisotopic (exact) mass is 347 g/mol. The molecule has 5 heteroatoms. The molecule has 1 aromatic heterocycles. The Morgan fingerprint density at radius 3 is 2.46 bits per heavy atom. The number of rotatable bonds is 6. The van der Waals surface area contributed by atoms with Gasteiger partial charge in [-0.2, -0.15) is 0 Å². The molecule has 0 saturated heterocycles. The van der Waals surface area contributed by atoms with Gasteiger partial charge in [0.2, 0.25) is 11.8 Å². The Hall–Kier alpha value is -3.21. The molecule has 0 aliphatic rings. The molecule has 0 atom stereocenters. The lowest BCUT2D eigenvalue weighted by molar-refractivity contribution is -0.132. The minimum absolute atomic E-state index is 0.0804. The van der Waals surface area contributed by atoms with E-state index in [0.717, 1.165) is 22.3 Å². The summed E-state index contributed by atoms with van der Waals surface area (Å²) in [7, 11) is 1.73. The molecule has 0 radical (unpaired) electrons. The molecule has 0 aliphatic carbocycles. The van der Waals surface area contributed by atoms with Crippen LogP contribution in [0.25, 0.3) is 10.9 Å². The van der Waals surface area contributed by atoms with Gasteiger partial charge in [0.1, 0.15) is 0 Å². The Morgan fingerprint density at radius 2 is 1.65 bits per heavy atom. The minimum atomic E-state index is -0.165. The van der Waals surface area contributed by atoms with Gasteiger partial charge in [0.15, 0.2) is 0 Å². The van der Waals surface area contributed by atoms with Gasteiger partial charge in [0.05, 0.1) is 17.8 Å². The van der Waals surface area contributed by atoms with Gasteiger partial charge < -0.3 is 10.2 Å². The molecule has 2 amide bonds. The Balaban J connectivity index is 1.51. The molecule has 3 rings (SSSR count). The highest BCUT2D eigenvalue weighted by molar-refractivity contribution is 5.93. The Morgan fingerprint density at radius 1 is 0.923 bits per heavy atom. The summed E-state index contributed by atoms with van der Waals surface area (Å²) in [5, 5.41) is 3.86. The van der Waals surface area contributed by atoms with E-state index in [1.54, 1.807) is 11.9 Å². The van der Waals surface area contributed by atoms with Crippen molar-refractivity contribution in [1.29, 1.82) is 0 Å². The van der Waals surface area contributed by atoms with Gasteiger partial charge >= 0.3 is 0 Å². The van der Waals surface area contributed by atoms with E-state index in [1.165, 1.54) is 0 Å². The number of fused-ring (bicyclic) bond motifs is 1. The molecule has 0 spiro atoms. The van der Waals surface area contributed by atoms with E-state index in [2.05, 4.69) is 10.3 Å². The zero-order valence-electron chi connectivity index (χ0n) is 14.7. The third kappa shape index (κ3) is 4.66. The molecular weight excluding hydrogens is 326 g/mol. The third-order valence-corrected chi connectivity index (χ3v) is 4.10. The summed E-state index contributed by atoms with van der Waals surface area (Å²) in [4.78, 5) is 30.4. The van der Waals surface area contributed by atoms with Crippen LogP contribution in [-0.2, 0) is 16.1 Å². The first-order chi connectivity index (χ1) is 12.6. The van der Waals surface area contributed by atoms with Crippen molar-refractivity contribution < 1.29 is 9.59 Å². The number of hydrogen-bond acceptors (Lipinski definition) is 3. The fourth-order valence-corrected chi connectivity index (χ4v) is 2.68. The average molecular weight is 347 g/mol. The van der Waals surface area contributed by atoms with Crippen LogP contribution in [0.4, 0.5) is 5.69 Å². The van der Waals surface area contributed by atoms with E-state index in [0.29, 0.717) is 6.54 Å². The van der Waals surface area contributed by atoms with Crippen LogP contribution in [0, 0.1) is 0 Å². The molecule has 0 fully saturated rings. The second-order valence-electron chi connectivity index (χ2n) is 6.16. The highest BCUT2D eigenvalue weighted by Gasteiger charge is 2.13. The minimum Gasteiger partial charge on any atom is -0.340 e. The van der Waals surface area contributed by atoms with Crippen molar-refractivity contribution in [3.63, 3.8) is 0 Å². The molecule has 5 nitrogen and oxygen atoms in total. The highest BCUT2D eigenvalue weighted by Crippen LogP contribution is 2.13. The summed E-state index contributed by atoms with van der Waals surface area (Å²) in [5.74, 6) is -0.245. The number of para-hydroxylation sites is 2. The van der Waals surface area contributed by atoms with Crippen LogP contribution in [0.2, 0.25) is 0 Å². The molecule has 1 N–H and O–H groups in total.